The molecule has 0 amide bonds. The molecule has 2 aromatic rings. The van der Waals surface area contributed by atoms with E-state index in [4.69, 9.17) is 17.0 Å². The van der Waals surface area contributed by atoms with Gasteiger partial charge in [-0.05, 0) is 13.0 Å². The summed E-state index contributed by atoms with van der Waals surface area (Å²) in [6.07, 6.45) is 0. The molecule has 0 bridgehead atoms. The highest BCUT2D eigenvalue weighted by molar-refractivity contribution is 9.10. The number of rotatable bonds is 1. The molecular weight excluding hydrogens is 366 g/mol. The van der Waals surface area contributed by atoms with E-state index in [0.717, 1.165) is 0 Å². The van der Waals surface area contributed by atoms with E-state index in [1.165, 1.54) is 17.7 Å². The summed E-state index contributed by atoms with van der Waals surface area (Å²) >= 11 is 3.32. The number of esters is 1. The quantitative estimate of drug-likeness (QED) is 0.468. The summed E-state index contributed by atoms with van der Waals surface area (Å²) in [7, 11) is 1.20. The monoisotopic (exact) mass is 377 g/mol. The SMILES string of the molecule is [C-]#[N+]c1c(Br)c2c3c(cc(C(=O)OC)c(=O)n3[C@@H](C)CO2)c1N. The summed E-state index contributed by atoms with van der Waals surface area (Å²) in [4.78, 5) is 28.0. The Morgan fingerprint density at radius 1 is 1.61 bits per heavy atom. The highest BCUT2D eigenvalue weighted by Crippen LogP contribution is 2.48. The molecule has 8 heteroatoms. The van der Waals surface area contributed by atoms with E-state index in [2.05, 4.69) is 25.5 Å². The van der Waals surface area contributed by atoms with Crippen molar-refractivity contribution < 1.29 is 14.3 Å². The Kier molecular flexibility index (Phi) is 3.53. The molecule has 1 aromatic carbocycles. The summed E-state index contributed by atoms with van der Waals surface area (Å²) in [5, 5.41) is 0.417. The van der Waals surface area contributed by atoms with Gasteiger partial charge in [-0.1, -0.05) is 15.9 Å². The molecule has 0 radical (unpaired) electrons. The van der Waals surface area contributed by atoms with Crippen LogP contribution in [0, 0.1) is 6.57 Å². The van der Waals surface area contributed by atoms with Crippen LogP contribution in [0.1, 0.15) is 23.3 Å². The second-order valence-electron chi connectivity index (χ2n) is 5.16. The standard InChI is InChI=1S/C15H12BrN3O4/c1-6-5-23-13-9(16)11(18-2)10(17)7-4-8(15(21)22-3)14(20)19(6)12(7)13/h4,6H,5,17H2,1,3H3/t6-/m0/s1. The fourth-order valence-electron chi connectivity index (χ4n) is 2.73. The molecule has 2 heterocycles. The molecule has 0 unspecified atom stereocenters. The zero-order valence-electron chi connectivity index (χ0n) is 12.3. The van der Waals surface area contributed by atoms with Gasteiger partial charge in [0.05, 0.1) is 29.7 Å². The van der Waals surface area contributed by atoms with Gasteiger partial charge in [-0.3, -0.25) is 9.36 Å². The van der Waals surface area contributed by atoms with Crippen molar-refractivity contribution >= 4 is 44.2 Å². The van der Waals surface area contributed by atoms with Crippen LogP contribution in [0.3, 0.4) is 0 Å². The number of methoxy groups -OCH3 is 1. The minimum atomic E-state index is -0.743. The first-order valence-electron chi connectivity index (χ1n) is 6.71. The molecule has 118 valence electrons. The van der Waals surface area contributed by atoms with Crippen LogP contribution < -0.4 is 16.0 Å². The molecule has 3 rings (SSSR count). The van der Waals surface area contributed by atoms with Crippen LogP contribution >= 0.6 is 15.9 Å². The third-order valence-corrected chi connectivity index (χ3v) is 4.56. The lowest BCUT2D eigenvalue weighted by molar-refractivity contribution is 0.0597. The van der Waals surface area contributed by atoms with Crippen LogP contribution in [0.2, 0.25) is 0 Å². The zero-order chi connectivity index (χ0) is 16.9. The molecule has 0 fully saturated rings. The maximum Gasteiger partial charge on any atom is 0.343 e. The molecule has 23 heavy (non-hydrogen) atoms. The Labute approximate surface area is 139 Å². The molecule has 0 spiro atoms. The predicted octanol–water partition coefficient (Wildman–Crippen LogP) is 2.64. The summed E-state index contributed by atoms with van der Waals surface area (Å²) in [5.74, 6) is -0.362. The van der Waals surface area contributed by atoms with Crippen LogP contribution in [-0.2, 0) is 4.74 Å². The van der Waals surface area contributed by atoms with Gasteiger partial charge in [0.2, 0.25) is 5.69 Å². The smallest absolute Gasteiger partial charge is 0.343 e. The van der Waals surface area contributed by atoms with Crippen molar-refractivity contribution in [2.24, 2.45) is 0 Å². The lowest BCUT2D eigenvalue weighted by Gasteiger charge is -2.28. The highest BCUT2D eigenvalue weighted by atomic mass is 79.9. The van der Waals surface area contributed by atoms with E-state index >= 15 is 0 Å². The Morgan fingerprint density at radius 2 is 2.30 bits per heavy atom. The van der Waals surface area contributed by atoms with Gasteiger partial charge in [-0.25, -0.2) is 9.64 Å². The molecule has 1 aromatic heterocycles. The Morgan fingerprint density at radius 3 is 2.91 bits per heavy atom. The minimum Gasteiger partial charge on any atom is -0.489 e. The van der Waals surface area contributed by atoms with Gasteiger partial charge >= 0.3 is 5.97 Å². The number of benzene rings is 1. The van der Waals surface area contributed by atoms with E-state index in [0.29, 0.717) is 21.1 Å². The average Bonchev–Trinajstić information content (AvgIpc) is 2.54. The maximum atomic E-state index is 12.7. The second kappa shape index (κ2) is 5.28. The summed E-state index contributed by atoms with van der Waals surface area (Å²) in [6, 6.07) is 1.08. The van der Waals surface area contributed by atoms with Gasteiger partial charge < -0.3 is 15.2 Å². The minimum absolute atomic E-state index is 0.121. The van der Waals surface area contributed by atoms with E-state index in [-0.39, 0.29) is 29.6 Å². The lowest BCUT2D eigenvalue weighted by atomic mass is 10.1. The van der Waals surface area contributed by atoms with Crippen molar-refractivity contribution in [2.45, 2.75) is 13.0 Å². The number of nitrogens with two attached hydrogens (primary N) is 1. The molecule has 0 saturated heterocycles. The van der Waals surface area contributed by atoms with Crippen LogP contribution in [0.4, 0.5) is 11.4 Å². The first kappa shape index (κ1) is 15.4. The molecule has 7 nitrogen and oxygen atoms in total. The third-order valence-electron chi connectivity index (χ3n) is 3.83. The summed E-state index contributed by atoms with van der Waals surface area (Å²) in [6.45, 7) is 9.35. The number of aromatic nitrogens is 1. The average molecular weight is 378 g/mol. The first-order valence-corrected chi connectivity index (χ1v) is 7.50. The first-order chi connectivity index (χ1) is 10.9. The Balaban J connectivity index is 2.59. The highest BCUT2D eigenvalue weighted by Gasteiger charge is 2.29. The number of hydrogen-bond donors (Lipinski definition) is 1. The number of nitrogens with zero attached hydrogens (tertiary/aromatic N) is 2. The van der Waals surface area contributed by atoms with Crippen molar-refractivity contribution in [2.75, 3.05) is 19.5 Å². The summed E-state index contributed by atoms with van der Waals surface area (Å²) in [5.41, 5.74) is 6.33. The largest absolute Gasteiger partial charge is 0.489 e. The van der Waals surface area contributed by atoms with E-state index in [1.54, 1.807) is 6.92 Å². The van der Waals surface area contributed by atoms with E-state index in [1.807, 2.05) is 0 Å². The number of nitrogen functional groups attached to an aromatic ring is 1. The van der Waals surface area contributed by atoms with Gasteiger partial charge in [0.25, 0.3) is 5.56 Å². The predicted molar refractivity (Wildman–Crippen MR) is 88.1 cm³/mol. The third kappa shape index (κ3) is 2.00. The van der Waals surface area contributed by atoms with Crippen molar-refractivity contribution in [3.05, 3.63) is 37.9 Å². The van der Waals surface area contributed by atoms with Crippen LogP contribution in [0.5, 0.6) is 5.75 Å². The van der Waals surface area contributed by atoms with Crippen LogP contribution in [0.15, 0.2) is 15.3 Å². The topological polar surface area (TPSA) is 87.9 Å². The van der Waals surface area contributed by atoms with Gasteiger partial charge in [-0.15, -0.1) is 0 Å². The normalized spacial score (nSPS) is 15.8. The molecule has 1 aliphatic rings. The van der Waals surface area contributed by atoms with Crippen molar-refractivity contribution in [3.8, 4) is 5.75 Å². The molecular formula is C15H12BrN3O4. The number of carbonyl (C=O) groups is 1. The van der Waals surface area contributed by atoms with Crippen molar-refractivity contribution in [1.29, 1.82) is 0 Å². The van der Waals surface area contributed by atoms with Crippen LogP contribution in [0.25, 0.3) is 15.7 Å². The Hall–Kier alpha value is -2.53. The number of ether oxygens (including phenoxy) is 2. The van der Waals surface area contributed by atoms with Crippen molar-refractivity contribution in [3.63, 3.8) is 0 Å². The number of anilines is 1. The molecule has 1 atom stereocenters. The fraction of sp³-hybridized carbons (Fsp3) is 0.267. The summed E-state index contributed by atoms with van der Waals surface area (Å²) < 4.78 is 12.2. The Bertz CT molecular complexity index is 958. The van der Waals surface area contributed by atoms with Gasteiger partial charge in [-0.2, -0.15) is 0 Å². The number of hydrogen-bond acceptors (Lipinski definition) is 5. The van der Waals surface area contributed by atoms with E-state index in [9.17, 15) is 9.59 Å². The maximum absolute atomic E-state index is 12.7. The van der Waals surface area contributed by atoms with Gasteiger partial charge in [0.1, 0.15) is 17.9 Å². The zero-order valence-corrected chi connectivity index (χ0v) is 13.9. The molecule has 0 aliphatic carbocycles. The number of halogens is 1. The lowest BCUT2D eigenvalue weighted by Crippen LogP contribution is -2.34. The van der Waals surface area contributed by atoms with Crippen LogP contribution in [-0.4, -0.2) is 24.3 Å². The van der Waals surface area contributed by atoms with Gasteiger partial charge in [0, 0.05) is 11.1 Å². The molecule has 0 saturated carbocycles. The number of carbonyl (C=O) groups excluding carboxylic acids is 1. The second-order valence-corrected chi connectivity index (χ2v) is 5.96. The van der Waals surface area contributed by atoms with Gasteiger partial charge in [0.15, 0.2) is 0 Å². The molecule has 2 N–H and O–H groups in total. The van der Waals surface area contributed by atoms with E-state index < -0.39 is 11.5 Å². The van der Waals surface area contributed by atoms with Crippen molar-refractivity contribution in [1.82, 2.24) is 4.57 Å². The molecule has 1 aliphatic heterocycles. The fourth-order valence-corrected chi connectivity index (χ4v) is 3.33. The number of pyridine rings is 1.